The van der Waals surface area contributed by atoms with Crippen molar-refractivity contribution in [3.63, 3.8) is 0 Å². The fourth-order valence-corrected chi connectivity index (χ4v) is 4.80. The van der Waals surface area contributed by atoms with Gasteiger partial charge in [0.25, 0.3) is 5.91 Å². The number of nitrogens with one attached hydrogen (secondary N) is 2. The number of hydrogen-bond acceptors (Lipinski definition) is 3. The summed E-state index contributed by atoms with van der Waals surface area (Å²) in [4.78, 5) is 17.5. The van der Waals surface area contributed by atoms with E-state index < -0.39 is 6.10 Å². The molecule has 0 radical (unpaired) electrons. The summed E-state index contributed by atoms with van der Waals surface area (Å²) in [6.07, 6.45) is 0.372. The highest BCUT2D eigenvalue weighted by atomic mass is 16.3. The van der Waals surface area contributed by atoms with Gasteiger partial charge in [-0.05, 0) is 18.1 Å². The Balaban J connectivity index is 1.51. The maximum atomic E-state index is 12.9. The van der Waals surface area contributed by atoms with Gasteiger partial charge >= 0.3 is 0 Å². The zero-order valence-electron chi connectivity index (χ0n) is 16.7. The first kappa shape index (κ1) is 19.4. The number of aromatic nitrogens is 1. The predicted octanol–water partition coefficient (Wildman–Crippen LogP) is -2.59. The van der Waals surface area contributed by atoms with E-state index in [2.05, 4.69) is 12.1 Å². The predicted molar refractivity (Wildman–Crippen MR) is 107 cm³/mol. The lowest BCUT2D eigenvalue weighted by Gasteiger charge is -2.31. The number of hydrogen-bond donors (Lipinski definition) is 4. The summed E-state index contributed by atoms with van der Waals surface area (Å²) in [7, 11) is 1.85. The van der Waals surface area contributed by atoms with Crippen LogP contribution in [0.4, 0.5) is 0 Å². The molecule has 152 valence electrons. The van der Waals surface area contributed by atoms with Crippen LogP contribution >= 0.6 is 0 Å². The molecule has 2 aliphatic heterocycles. The fraction of sp³-hybridized carbons (Fsp3) is 0.571. The van der Waals surface area contributed by atoms with Crippen molar-refractivity contribution >= 4 is 16.8 Å². The monoisotopic (exact) mass is 388 g/mol. The lowest BCUT2D eigenvalue weighted by Crippen LogP contribution is -3.28. The highest BCUT2D eigenvalue weighted by molar-refractivity contribution is 6.02. The fourth-order valence-electron chi connectivity index (χ4n) is 4.80. The van der Waals surface area contributed by atoms with Crippen molar-refractivity contribution in [2.75, 3.05) is 59.5 Å². The Hall–Kier alpha value is -1.93. The van der Waals surface area contributed by atoms with Gasteiger partial charge in [0.05, 0.1) is 13.2 Å². The molecule has 4 N–H and O–H groups in total. The molecule has 0 aliphatic carbocycles. The highest BCUT2D eigenvalue weighted by Crippen LogP contribution is 2.30. The van der Waals surface area contributed by atoms with Crippen LogP contribution in [-0.2, 0) is 13.0 Å². The third-order valence-electron chi connectivity index (χ3n) is 6.37. The van der Waals surface area contributed by atoms with E-state index in [9.17, 15) is 9.90 Å². The SMILES string of the molecule is CN1CCc2c(n(C[C@@H](O)C[NH+]3CC[NH+](CCO)CC3)c3ccccc23)C1=O. The zero-order chi connectivity index (χ0) is 19.7. The van der Waals surface area contributed by atoms with Crippen LogP contribution in [0.25, 0.3) is 10.9 Å². The second-order valence-corrected chi connectivity index (χ2v) is 8.26. The smallest absolute Gasteiger partial charge is 0.270 e. The van der Waals surface area contributed by atoms with Crippen molar-refractivity contribution in [3.8, 4) is 0 Å². The van der Waals surface area contributed by atoms with Crippen LogP contribution in [0.1, 0.15) is 16.1 Å². The van der Waals surface area contributed by atoms with Crippen LogP contribution < -0.4 is 9.80 Å². The van der Waals surface area contributed by atoms with E-state index >= 15 is 0 Å². The number of fused-ring (bicyclic) bond motifs is 3. The standard InChI is InChI=1S/C21H30N4O3/c1-22-7-6-18-17-4-2-3-5-19(17)25(20(18)21(22)28)15-16(27)14-24-10-8-23(9-11-24)12-13-26/h2-5,16,26-27H,6-15H2,1H3/p+2/t16-/m0/s1. The number of para-hydroxylation sites is 1. The first-order chi connectivity index (χ1) is 13.6. The van der Waals surface area contributed by atoms with Gasteiger partial charge in [0, 0.05) is 24.5 Å². The first-order valence-electron chi connectivity index (χ1n) is 10.4. The van der Waals surface area contributed by atoms with E-state index in [0.717, 1.165) is 67.8 Å². The Labute approximate surface area is 165 Å². The van der Waals surface area contributed by atoms with Crippen molar-refractivity contribution in [1.82, 2.24) is 9.47 Å². The van der Waals surface area contributed by atoms with Crippen molar-refractivity contribution in [1.29, 1.82) is 0 Å². The number of carbonyl (C=O) groups excluding carboxylic acids is 1. The Morgan fingerprint density at radius 3 is 2.61 bits per heavy atom. The number of amides is 1. The summed E-state index contributed by atoms with van der Waals surface area (Å²) in [5.41, 5.74) is 2.92. The zero-order valence-corrected chi connectivity index (χ0v) is 16.7. The first-order valence-corrected chi connectivity index (χ1v) is 10.4. The molecule has 4 rings (SSSR count). The molecule has 0 bridgehead atoms. The maximum absolute atomic E-state index is 12.9. The Bertz CT molecular complexity index is 842. The van der Waals surface area contributed by atoms with Crippen LogP contribution in [0.5, 0.6) is 0 Å². The number of nitrogens with zero attached hydrogens (tertiary/aromatic N) is 2. The average molecular weight is 389 g/mol. The Morgan fingerprint density at radius 2 is 1.86 bits per heavy atom. The van der Waals surface area contributed by atoms with Crippen LogP contribution in [0.15, 0.2) is 24.3 Å². The third kappa shape index (κ3) is 3.67. The van der Waals surface area contributed by atoms with E-state index in [1.54, 1.807) is 4.90 Å². The maximum Gasteiger partial charge on any atom is 0.270 e. The number of likely N-dealkylation sites (N-methyl/N-ethyl adjacent to an activating group) is 1. The molecule has 7 nitrogen and oxygen atoms in total. The van der Waals surface area contributed by atoms with Crippen LogP contribution in [0.2, 0.25) is 0 Å². The molecule has 0 unspecified atom stereocenters. The number of rotatable bonds is 6. The summed E-state index contributed by atoms with van der Waals surface area (Å²) in [6, 6.07) is 8.16. The average Bonchev–Trinajstić information content (AvgIpc) is 3.01. The molecule has 1 saturated heterocycles. The molecular formula is C21H32N4O3+2. The van der Waals surface area contributed by atoms with E-state index in [1.807, 2.05) is 23.7 Å². The topological polar surface area (TPSA) is 74.6 Å². The van der Waals surface area contributed by atoms with Gasteiger partial charge in [0.2, 0.25) is 0 Å². The molecule has 2 aromatic rings. The van der Waals surface area contributed by atoms with Gasteiger partial charge in [-0.3, -0.25) is 4.79 Å². The van der Waals surface area contributed by atoms with Crippen LogP contribution in [0, 0.1) is 0 Å². The second-order valence-electron chi connectivity index (χ2n) is 8.26. The molecule has 28 heavy (non-hydrogen) atoms. The Morgan fingerprint density at radius 1 is 1.14 bits per heavy atom. The van der Waals surface area contributed by atoms with E-state index in [4.69, 9.17) is 5.11 Å². The summed E-state index contributed by atoms with van der Waals surface area (Å²) in [5, 5.41) is 21.1. The van der Waals surface area contributed by atoms with Gasteiger partial charge in [-0.1, -0.05) is 18.2 Å². The number of quaternary nitrogens is 2. The van der Waals surface area contributed by atoms with E-state index in [0.29, 0.717) is 13.1 Å². The molecule has 0 spiro atoms. The summed E-state index contributed by atoms with van der Waals surface area (Å²) in [6.45, 7) is 7.03. The third-order valence-corrected chi connectivity index (χ3v) is 6.37. The van der Waals surface area contributed by atoms with Crippen molar-refractivity contribution in [2.45, 2.75) is 19.1 Å². The minimum atomic E-state index is -0.491. The van der Waals surface area contributed by atoms with Crippen molar-refractivity contribution in [2.24, 2.45) is 0 Å². The van der Waals surface area contributed by atoms with Gasteiger partial charge in [-0.25, -0.2) is 0 Å². The normalized spacial score (nSPS) is 23.8. The minimum Gasteiger partial charge on any atom is -0.391 e. The van der Waals surface area contributed by atoms with Crippen molar-refractivity contribution in [3.05, 3.63) is 35.5 Å². The summed E-state index contributed by atoms with van der Waals surface area (Å²) in [5.74, 6) is 0.0539. The lowest BCUT2D eigenvalue weighted by atomic mass is 10.0. The van der Waals surface area contributed by atoms with Gasteiger partial charge in [-0.2, -0.15) is 0 Å². The molecule has 2 aliphatic rings. The van der Waals surface area contributed by atoms with Gasteiger partial charge < -0.3 is 29.5 Å². The van der Waals surface area contributed by atoms with Crippen LogP contribution in [0.3, 0.4) is 0 Å². The summed E-state index contributed by atoms with van der Waals surface area (Å²) >= 11 is 0. The van der Waals surface area contributed by atoms with Gasteiger partial charge in [0.15, 0.2) is 0 Å². The summed E-state index contributed by atoms with van der Waals surface area (Å²) < 4.78 is 2.04. The molecule has 1 fully saturated rings. The van der Waals surface area contributed by atoms with E-state index in [-0.39, 0.29) is 12.5 Å². The largest absolute Gasteiger partial charge is 0.391 e. The second kappa shape index (κ2) is 8.21. The minimum absolute atomic E-state index is 0.0539. The Kier molecular flexibility index (Phi) is 5.68. The lowest BCUT2D eigenvalue weighted by molar-refractivity contribution is -1.01. The molecule has 3 heterocycles. The van der Waals surface area contributed by atoms with Crippen molar-refractivity contribution < 1.29 is 24.8 Å². The molecule has 1 aromatic heterocycles. The molecule has 0 saturated carbocycles. The quantitative estimate of drug-likeness (QED) is 0.439. The van der Waals surface area contributed by atoms with Crippen LogP contribution in [-0.4, -0.2) is 91.2 Å². The number of aliphatic hydroxyl groups excluding tert-OH is 2. The molecular weight excluding hydrogens is 356 g/mol. The number of piperazine rings is 1. The number of aliphatic hydroxyl groups is 2. The van der Waals surface area contributed by atoms with Gasteiger partial charge in [0.1, 0.15) is 51.1 Å². The van der Waals surface area contributed by atoms with E-state index in [1.165, 1.54) is 9.80 Å². The molecule has 1 atom stereocenters. The number of carbonyl (C=O) groups is 1. The molecule has 1 amide bonds. The molecule has 7 heteroatoms. The van der Waals surface area contributed by atoms with Gasteiger partial charge in [-0.15, -0.1) is 0 Å². The number of benzene rings is 1. The molecule has 1 aromatic carbocycles. The highest BCUT2D eigenvalue weighted by Gasteiger charge is 2.31.